The number of fused-ring (bicyclic) bond motifs is 2. The third kappa shape index (κ3) is 4.53. The maximum absolute atomic E-state index is 13.5. The van der Waals surface area contributed by atoms with E-state index in [1.165, 1.54) is 50.5 Å². The Morgan fingerprint density at radius 1 is 1.29 bits per heavy atom. The van der Waals surface area contributed by atoms with Crippen molar-refractivity contribution in [2.45, 2.75) is 82.7 Å². The van der Waals surface area contributed by atoms with Gasteiger partial charge in [0.25, 0.3) is 0 Å². The van der Waals surface area contributed by atoms with E-state index in [9.17, 15) is 4.39 Å². The molecule has 0 radical (unpaired) electrons. The van der Waals surface area contributed by atoms with Gasteiger partial charge in [-0.25, -0.2) is 4.39 Å². The highest BCUT2D eigenvalue weighted by atomic mass is 79.9. The van der Waals surface area contributed by atoms with Crippen molar-refractivity contribution in [3.05, 3.63) is 40.5 Å². The molecule has 2 saturated heterocycles. The van der Waals surface area contributed by atoms with Crippen LogP contribution in [-0.2, 0) is 9.47 Å². The lowest BCUT2D eigenvalue weighted by atomic mass is 9.28. The molecule has 0 unspecified atom stereocenters. The Balaban J connectivity index is 1.48. The van der Waals surface area contributed by atoms with E-state index in [4.69, 9.17) is 14.2 Å². The highest BCUT2D eigenvalue weighted by Gasteiger charge is 2.40. The van der Waals surface area contributed by atoms with E-state index in [0.29, 0.717) is 10.2 Å². The molecule has 0 spiro atoms. The quantitative estimate of drug-likeness (QED) is 0.445. The van der Waals surface area contributed by atoms with Gasteiger partial charge in [-0.15, -0.1) is 0 Å². The summed E-state index contributed by atoms with van der Waals surface area (Å²) in [5.74, 6) is 2.06. The standard InChI is InChI=1S/C22H29BBrFO3/c1-22(2)26-14-21(28-22)20(27-19-9-7-16(25)13-18(19)24)10-8-17-15-5-3-11-23(17)12-4-6-15/h7,9,13-15,17,20H,3-6,8,10-12H2,1-2H3/t17-,20-/m1/s1. The molecule has 0 aliphatic carbocycles. The number of rotatable bonds is 6. The van der Waals surface area contributed by atoms with Crippen LogP contribution in [0.25, 0.3) is 0 Å². The normalized spacial score (nSPS) is 26.9. The predicted octanol–water partition coefficient (Wildman–Crippen LogP) is 6.81. The van der Waals surface area contributed by atoms with Gasteiger partial charge < -0.3 is 14.2 Å². The molecule has 1 aromatic rings. The molecule has 3 aliphatic rings. The molecule has 6 heteroatoms. The van der Waals surface area contributed by atoms with E-state index in [1.807, 2.05) is 13.8 Å². The smallest absolute Gasteiger partial charge is 0.244 e. The highest BCUT2D eigenvalue weighted by molar-refractivity contribution is 9.10. The molecule has 0 saturated carbocycles. The summed E-state index contributed by atoms with van der Waals surface area (Å²) >= 11 is 3.42. The molecule has 0 aromatic heterocycles. The zero-order valence-corrected chi connectivity index (χ0v) is 18.3. The van der Waals surface area contributed by atoms with E-state index >= 15 is 0 Å². The van der Waals surface area contributed by atoms with Gasteiger partial charge in [0.1, 0.15) is 24.5 Å². The molecular formula is C22H29BBrFO3. The van der Waals surface area contributed by atoms with Crippen LogP contribution >= 0.6 is 15.9 Å². The lowest BCUT2D eigenvalue weighted by molar-refractivity contribution is -0.124. The van der Waals surface area contributed by atoms with Crippen molar-refractivity contribution in [2.75, 3.05) is 0 Å². The fourth-order valence-corrected chi connectivity index (χ4v) is 5.73. The zero-order valence-electron chi connectivity index (χ0n) is 16.8. The summed E-state index contributed by atoms with van der Waals surface area (Å²) in [4.78, 5) is 0. The average molecular weight is 451 g/mol. The van der Waals surface area contributed by atoms with Gasteiger partial charge in [0.05, 0.1) is 4.47 Å². The van der Waals surface area contributed by atoms with Gasteiger partial charge in [0.2, 0.25) is 5.79 Å². The van der Waals surface area contributed by atoms with Gasteiger partial charge in [-0.1, -0.05) is 50.6 Å². The first-order valence-electron chi connectivity index (χ1n) is 10.6. The van der Waals surface area contributed by atoms with E-state index in [2.05, 4.69) is 15.9 Å². The summed E-state index contributed by atoms with van der Waals surface area (Å²) in [7, 11) is 0. The lowest BCUT2D eigenvalue weighted by Crippen LogP contribution is -2.36. The van der Waals surface area contributed by atoms with Crippen LogP contribution in [0.5, 0.6) is 5.75 Å². The molecule has 1 aromatic carbocycles. The van der Waals surface area contributed by atoms with Crippen molar-refractivity contribution in [1.82, 2.24) is 0 Å². The van der Waals surface area contributed by atoms with Crippen LogP contribution in [0.1, 0.15) is 52.4 Å². The van der Waals surface area contributed by atoms with E-state index in [1.54, 1.807) is 12.3 Å². The molecule has 3 nitrogen and oxygen atoms in total. The third-order valence-corrected chi connectivity index (χ3v) is 7.20. The molecule has 152 valence electrons. The minimum absolute atomic E-state index is 0.230. The number of hydrogen-bond acceptors (Lipinski definition) is 3. The molecular weight excluding hydrogens is 422 g/mol. The largest absolute Gasteiger partial charge is 0.481 e. The summed E-state index contributed by atoms with van der Waals surface area (Å²) in [6.45, 7) is 4.66. The van der Waals surface area contributed by atoms with Crippen molar-refractivity contribution in [3.63, 3.8) is 0 Å². The van der Waals surface area contributed by atoms with Crippen molar-refractivity contribution in [2.24, 2.45) is 5.92 Å². The number of hydrogen-bond donors (Lipinski definition) is 0. The number of halogens is 2. The first kappa shape index (κ1) is 20.1. The van der Waals surface area contributed by atoms with E-state index < -0.39 is 5.79 Å². The van der Waals surface area contributed by atoms with Gasteiger partial charge in [-0.3, -0.25) is 0 Å². The monoisotopic (exact) mass is 450 g/mol. The molecule has 3 aliphatic heterocycles. The third-order valence-electron chi connectivity index (χ3n) is 6.58. The second-order valence-corrected chi connectivity index (χ2v) is 9.80. The Morgan fingerprint density at radius 2 is 2.04 bits per heavy atom. The molecule has 0 amide bonds. The highest BCUT2D eigenvalue weighted by Crippen LogP contribution is 2.47. The van der Waals surface area contributed by atoms with Crippen molar-refractivity contribution in [3.8, 4) is 5.75 Å². The predicted molar refractivity (Wildman–Crippen MR) is 113 cm³/mol. The SMILES string of the molecule is CC1(C)OC=C([C@@H](CC[C@H]2B3CCCC2CCC3)Oc2ccc(F)cc2Br)O1. The Kier molecular flexibility index (Phi) is 5.96. The molecule has 3 heterocycles. The topological polar surface area (TPSA) is 27.7 Å². The van der Waals surface area contributed by atoms with Crippen LogP contribution in [0, 0.1) is 11.7 Å². The van der Waals surface area contributed by atoms with Crippen molar-refractivity contribution >= 4 is 22.6 Å². The van der Waals surface area contributed by atoms with Crippen LogP contribution in [-0.4, -0.2) is 18.6 Å². The Labute approximate surface area is 176 Å². The molecule has 28 heavy (non-hydrogen) atoms. The van der Waals surface area contributed by atoms with Gasteiger partial charge in [0, 0.05) is 13.8 Å². The Morgan fingerprint density at radius 3 is 2.64 bits per heavy atom. The van der Waals surface area contributed by atoms with E-state index in [-0.39, 0.29) is 11.9 Å². The minimum Gasteiger partial charge on any atom is -0.481 e. The second kappa shape index (κ2) is 8.29. The molecule has 2 atom stereocenters. The van der Waals surface area contributed by atoms with E-state index in [0.717, 1.165) is 37.0 Å². The number of ether oxygens (including phenoxy) is 3. The van der Waals surface area contributed by atoms with Crippen molar-refractivity contribution < 1.29 is 18.6 Å². The maximum Gasteiger partial charge on any atom is 0.244 e. The Bertz CT molecular complexity index is 716. The van der Waals surface area contributed by atoms with Crippen LogP contribution in [0.2, 0.25) is 18.5 Å². The van der Waals surface area contributed by atoms with Crippen LogP contribution < -0.4 is 4.74 Å². The van der Waals surface area contributed by atoms with Gasteiger partial charge in [-0.05, 0) is 46.5 Å². The van der Waals surface area contributed by atoms with Gasteiger partial charge in [0.15, 0.2) is 11.9 Å². The molecule has 2 fully saturated rings. The summed E-state index contributed by atoms with van der Waals surface area (Å²) in [5, 5.41) is 0. The Hall–Kier alpha value is -1.17. The van der Waals surface area contributed by atoms with Crippen LogP contribution in [0.3, 0.4) is 0 Å². The summed E-state index contributed by atoms with van der Waals surface area (Å²) in [6, 6.07) is 4.53. The molecule has 4 rings (SSSR count). The summed E-state index contributed by atoms with van der Waals surface area (Å²) < 4.78 is 32.0. The minimum atomic E-state index is -0.668. The lowest BCUT2D eigenvalue weighted by Gasteiger charge is -2.41. The van der Waals surface area contributed by atoms with Crippen molar-refractivity contribution in [1.29, 1.82) is 0 Å². The average Bonchev–Trinajstić information content (AvgIpc) is 2.99. The fraction of sp³-hybridized carbons (Fsp3) is 0.636. The molecule has 2 bridgehead atoms. The first-order chi connectivity index (χ1) is 13.4. The van der Waals surface area contributed by atoms with Gasteiger partial charge in [-0.2, -0.15) is 0 Å². The number of benzene rings is 1. The fourth-order valence-electron chi connectivity index (χ4n) is 5.29. The van der Waals surface area contributed by atoms with Crippen LogP contribution in [0.4, 0.5) is 4.39 Å². The summed E-state index contributed by atoms with van der Waals surface area (Å²) in [6.07, 6.45) is 11.8. The van der Waals surface area contributed by atoms with Crippen LogP contribution in [0.15, 0.2) is 34.7 Å². The zero-order chi connectivity index (χ0) is 19.7. The summed E-state index contributed by atoms with van der Waals surface area (Å²) in [5.41, 5.74) is 0. The first-order valence-corrected chi connectivity index (χ1v) is 11.4. The second-order valence-electron chi connectivity index (χ2n) is 8.94. The van der Waals surface area contributed by atoms with Gasteiger partial charge >= 0.3 is 0 Å². The maximum atomic E-state index is 13.5. The molecule has 0 N–H and O–H groups in total.